The first-order chi connectivity index (χ1) is 13.1. The van der Waals surface area contributed by atoms with Gasteiger partial charge in [-0.05, 0) is 31.4 Å². The molecular weight excluding hydrogens is 422 g/mol. The van der Waals surface area contributed by atoms with Crippen molar-refractivity contribution < 1.29 is 21.6 Å². The lowest BCUT2D eigenvalue weighted by Gasteiger charge is -2.25. The van der Waals surface area contributed by atoms with Crippen molar-refractivity contribution in [3.8, 4) is 0 Å². The maximum Gasteiger partial charge on any atom is 0.252 e. The van der Waals surface area contributed by atoms with Crippen LogP contribution in [0.5, 0.6) is 0 Å². The Kier molecular flexibility index (Phi) is 8.44. The van der Waals surface area contributed by atoms with Crippen molar-refractivity contribution in [3.63, 3.8) is 0 Å². The first-order valence-electron chi connectivity index (χ1n) is 9.45. The molecule has 0 unspecified atom stereocenters. The van der Waals surface area contributed by atoms with Gasteiger partial charge in [-0.25, -0.2) is 21.1 Å². The lowest BCUT2D eigenvalue weighted by atomic mass is 10.2. The van der Waals surface area contributed by atoms with E-state index in [9.17, 15) is 21.6 Å². The zero-order chi connectivity index (χ0) is 20.8. The minimum atomic E-state index is -3.47. The molecule has 28 heavy (non-hydrogen) atoms. The molecule has 2 heterocycles. The summed E-state index contributed by atoms with van der Waals surface area (Å²) >= 11 is 1.13. The van der Waals surface area contributed by atoms with Gasteiger partial charge in [-0.1, -0.05) is 13.3 Å². The maximum absolute atomic E-state index is 12.7. The second-order valence-corrected chi connectivity index (χ2v) is 12.1. The molecular formula is C17H29N3O5S3. The van der Waals surface area contributed by atoms with E-state index in [1.165, 1.54) is 14.9 Å². The molecule has 1 fully saturated rings. The number of sulfonamides is 2. The van der Waals surface area contributed by atoms with Gasteiger partial charge in [0.05, 0.1) is 12.7 Å². The number of carbonyl (C=O) groups excluding carboxylic acids is 1. The maximum atomic E-state index is 12.7. The monoisotopic (exact) mass is 451 g/mol. The molecule has 11 heteroatoms. The molecule has 0 saturated carbocycles. The highest BCUT2D eigenvalue weighted by Gasteiger charge is 2.27. The van der Waals surface area contributed by atoms with Gasteiger partial charge in [0.25, 0.3) is 10.0 Å². The van der Waals surface area contributed by atoms with Crippen LogP contribution in [-0.4, -0.2) is 70.3 Å². The molecule has 1 saturated heterocycles. The highest BCUT2D eigenvalue weighted by atomic mass is 32.2. The molecule has 0 aliphatic carbocycles. The van der Waals surface area contributed by atoms with E-state index < -0.39 is 20.0 Å². The van der Waals surface area contributed by atoms with E-state index in [1.807, 2.05) is 0 Å². The molecule has 1 amide bonds. The van der Waals surface area contributed by atoms with Crippen LogP contribution in [0.25, 0.3) is 0 Å². The molecule has 0 radical (unpaired) electrons. The Bertz CT molecular complexity index is 858. The molecule has 1 aliphatic heterocycles. The fourth-order valence-electron chi connectivity index (χ4n) is 3.09. The van der Waals surface area contributed by atoms with Crippen LogP contribution in [0.3, 0.4) is 0 Å². The number of carbonyl (C=O) groups is 1. The van der Waals surface area contributed by atoms with Crippen LogP contribution in [-0.2, 0) is 31.3 Å². The Morgan fingerprint density at radius 1 is 1.18 bits per heavy atom. The van der Waals surface area contributed by atoms with Crippen LogP contribution >= 0.6 is 11.3 Å². The fourth-order valence-corrected chi connectivity index (χ4v) is 7.04. The smallest absolute Gasteiger partial charge is 0.252 e. The van der Waals surface area contributed by atoms with E-state index in [1.54, 1.807) is 19.1 Å². The number of piperidine rings is 1. The normalized spacial score (nSPS) is 16.4. The molecule has 8 nitrogen and oxygen atoms in total. The summed E-state index contributed by atoms with van der Waals surface area (Å²) in [6, 6.07) is 3.26. The Labute approximate surface area is 172 Å². The van der Waals surface area contributed by atoms with Gasteiger partial charge < -0.3 is 5.32 Å². The van der Waals surface area contributed by atoms with Crippen molar-refractivity contribution in [2.45, 2.75) is 43.2 Å². The number of amides is 1. The van der Waals surface area contributed by atoms with Crippen LogP contribution in [0.2, 0.25) is 0 Å². The molecule has 160 valence electrons. The summed E-state index contributed by atoms with van der Waals surface area (Å²) < 4.78 is 51.5. The Balaban J connectivity index is 1.82. The van der Waals surface area contributed by atoms with Crippen molar-refractivity contribution in [1.82, 2.24) is 13.9 Å². The van der Waals surface area contributed by atoms with Crippen LogP contribution in [0.15, 0.2) is 16.3 Å². The summed E-state index contributed by atoms with van der Waals surface area (Å²) in [6.07, 6.45) is 4.63. The Morgan fingerprint density at radius 2 is 1.86 bits per heavy atom. The standard InChI is InChI=1S/C17H29N3O5S3/c1-3-19(27(2,22)23)13-7-10-18-16(21)14-15-8-9-17(26-15)28(24,25)20-11-5-4-6-12-20/h8-9H,3-7,10-14H2,1-2H3,(H,18,21). The van der Waals surface area contributed by atoms with Gasteiger partial charge in [0.2, 0.25) is 15.9 Å². The molecule has 0 spiro atoms. The predicted molar refractivity (Wildman–Crippen MR) is 110 cm³/mol. The molecule has 1 aromatic rings. The zero-order valence-corrected chi connectivity index (χ0v) is 18.8. The third-order valence-electron chi connectivity index (χ3n) is 4.61. The highest BCUT2D eigenvalue weighted by Crippen LogP contribution is 2.27. The molecule has 1 N–H and O–H groups in total. The van der Waals surface area contributed by atoms with Gasteiger partial charge in [-0.3, -0.25) is 4.79 Å². The molecule has 2 rings (SSSR count). The Morgan fingerprint density at radius 3 is 2.46 bits per heavy atom. The third-order valence-corrected chi connectivity index (χ3v) is 9.44. The second kappa shape index (κ2) is 10.1. The van der Waals surface area contributed by atoms with E-state index >= 15 is 0 Å². The van der Waals surface area contributed by atoms with E-state index in [2.05, 4.69) is 5.32 Å². The molecule has 1 aliphatic rings. The first kappa shape index (κ1) is 23.3. The SMILES string of the molecule is CCN(CCCNC(=O)Cc1ccc(S(=O)(=O)N2CCCCC2)s1)S(C)(=O)=O. The zero-order valence-electron chi connectivity index (χ0n) is 16.4. The van der Waals surface area contributed by atoms with Crippen molar-refractivity contribution >= 4 is 37.3 Å². The Hall–Kier alpha value is -1.01. The number of thiophene rings is 1. The minimum Gasteiger partial charge on any atom is -0.356 e. The summed E-state index contributed by atoms with van der Waals surface area (Å²) in [7, 11) is -6.69. The van der Waals surface area contributed by atoms with E-state index in [-0.39, 0.29) is 16.5 Å². The van der Waals surface area contributed by atoms with Crippen molar-refractivity contribution in [3.05, 3.63) is 17.0 Å². The van der Waals surface area contributed by atoms with Crippen LogP contribution in [0, 0.1) is 0 Å². The lowest BCUT2D eigenvalue weighted by Crippen LogP contribution is -2.35. The van der Waals surface area contributed by atoms with Gasteiger partial charge in [-0.15, -0.1) is 11.3 Å². The second-order valence-electron chi connectivity index (χ2n) is 6.82. The molecule has 0 atom stereocenters. The summed E-state index contributed by atoms with van der Waals surface area (Å²) in [5.74, 6) is -0.203. The largest absolute Gasteiger partial charge is 0.356 e. The topological polar surface area (TPSA) is 104 Å². The van der Waals surface area contributed by atoms with Gasteiger partial charge in [0, 0.05) is 37.6 Å². The van der Waals surface area contributed by atoms with Gasteiger partial charge in [-0.2, -0.15) is 4.31 Å². The van der Waals surface area contributed by atoms with E-state index in [0.29, 0.717) is 44.0 Å². The molecule has 0 bridgehead atoms. The molecule has 1 aromatic heterocycles. The number of hydrogen-bond acceptors (Lipinski definition) is 6. The minimum absolute atomic E-state index is 0.115. The molecule has 0 aromatic carbocycles. The number of hydrogen-bond donors (Lipinski definition) is 1. The highest BCUT2D eigenvalue weighted by molar-refractivity contribution is 7.91. The quantitative estimate of drug-likeness (QED) is 0.539. The lowest BCUT2D eigenvalue weighted by molar-refractivity contribution is -0.120. The number of nitrogens with one attached hydrogen (secondary N) is 1. The average Bonchev–Trinajstić information content (AvgIpc) is 3.10. The summed E-state index contributed by atoms with van der Waals surface area (Å²) in [5, 5.41) is 2.76. The van der Waals surface area contributed by atoms with Gasteiger partial charge in [0.15, 0.2) is 0 Å². The van der Waals surface area contributed by atoms with E-state index in [0.717, 1.165) is 30.6 Å². The number of rotatable bonds is 10. The average molecular weight is 452 g/mol. The van der Waals surface area contributed by atoms with Crippen LogP contribution in [0.4, 0.5) is 0 Å². The summed E-state index contributed by atoms with van der Waals surface area (Å²) in [4.78, 5) is 12.8. The van der Waals surface area contributed by atoms with Crippen LogP contribution in [0.1, 0.15) is 37.5 Å². The van der Waals surface area contributed by atoms with E-state index in [4.69, 9.17) is 0 Å². The van der Waals surface area contributed by atoms with Gasteiger partial charge in [0.1, 0.15) is 4.21 Å². The van der Waals surface area contributed by atoms with Gasteiger partial charge >= 0.3 is 0 Å². The first-order valence-corrected chi connectivity index (χ1v) is 13.6. The van der Waals surface area contributed by atoms with Crippen molar-refractivity contribution in [2.75, 3.05) is 39.0 Å². The van der Waals surface area contributed by atoms with Crippen molar-refractivity contribution in [1.29, 1.82) is 0 Å². The van der Waals surface area contributed by atoms with Crippen LogP contribution < -0.4 is 5.32 Å². The fraction of sp³-hybridized carbons (Fsp3) is 0.706. The third kappa shape index (κ3) is 6.51. The predicted octanol–water partition coefficient (Wildman–Crippen LogP) is 1.25. The summed E-state index contributed by atoms with van der Waals surface area (Å²) in [5.41, 5.74) is 0. The summed E-state index contributed by atoms with van der Waals surface area (Å²) in [6.45, 7) is 4.00. The van der Waals surface area contributed by atoms with Crippen molar-refractivity contribution in [2.24, 2.45) is 0 Å². The number of nitrogens with zero attached hydrogens (tertiary/aromatic N) is 2.